The first-order valence-electron chi connectivity index (χ1n) is 19.1. The Balaban J connectivity index is 1.48. The van der Waals surface area contributed by atoms with Gasteiger partial charge in [-0.1, -0.05) is 68.5 Å². The number of anilines is 2. The van der Waals surface area contributed by atoms with Gasteiger partial charge in [0.1, 0.15) is 23.7 Å². The Morgan fingerprint density at radius 2 is 1.66 bits per heavy atom. The molecule has 6 rings (SSSR count). The molecule has 4 aliphatic heterocycles. The molecule has 8 atom stereocenters. The van der Waals surface area contributed by atoms with Crippen LogP contribution in [0.2, 0.25) is 0 Å². The van der Waals surface area contributed by atoms with Crippen LogP contribution >= 0.6 is 0 Å². The van der Waals surface area contributed by atoms with Gasteiger partial charge in [-0.25, -0.2) is 0 Å². The zero-order valence-electron chi connectivity index (χ0n) is 31.8. The highest BCUT2D eigenvalue weighted by Gasteiger charge is 2.74. The average molecular weight is 727 g/mol. The minimum Gasteiger partial charge on any atom is -0.455 e. The number of aliphatic hydroxyl groups excluding tert-OH is 1. The van der Waals surface area contributed by atoms with Gasteiger partial charge in [0.2, 0.25) is 11.8 Å². The molecule has 0 aromatic heterocycles. The Kier molecular flexibility index (Phi) is 11.4. The third-order valence-electron chi connectivity index (χ3n) is 11.5. The molecule has 2 aromatic rings. The molecule has 4 aliphatic rings. The van der Waals surface area contributed by atoms with Gasteiger partial charge in [-0.05, 0) is 69.4 Å². The maximum absolute atomic E-state index is 15.3. The van der Waals surface area contributed by atoms with Gasteiger partial charge in [0.15, 0.2) is 0 Å². The summed E-state index contributed by atoms with van der Waals surface area (Å²) in [5.41, 5.74) is 0.916. The van der Waals surface area contributed by atoms with E-state index in [0.717, 1.165) is 18.8 Å². The topological polar surface area (TPSA) is 120 Å². The fraction of sp³-hybridized carbons (Fsp3) is 0.524. The van der Waals surface area contributed by atoms with Crippen LogP contribution in [0.3, 0.4) is 0 Å². The third kappa shape index (κ3) is 7.01. The van der Waals surface area contributed by atoms with E-state index in [-0.39, 0.29) is 37.3 Å². The van der Waals surface area contributed by atoms with Gasteiger partial charge < -0.3 is 34.2 Å². The predicted octanol–water partition coefficient (Wildman–Crippen LogP) is 4.90. The molecule has 1 N–H and O–H groups in total. The lowest BCUT2D eigenvalue weighted by Gasteiger charge is -2.39. The number of benzene rings is 2. The van der Waals surface area contributed by atoms with Gasteiger partial charge in [0, 0.05) is 44.5 Å². The zero-order valence-corrected chi connectivity index (χ0v) is 31.8. The summed E-state index contributed by atoms with van der Waals surface area (Å²) in [7, 11) is 1.71. The zero-order chi connectivity index (χ0) is 38.0. The van der Waals surface area contributed by atoms with Crippen molar-refractivity contribution >= 4 is 35.1 Å². The van der Waals surface area contributed by atoms with E-state index < -0.39 is 59.6 Å². The standard InChI is InChI=1S/C42H54N4O7/c1-7-44(8-2)30-18-20-31(21-19-30)45-24-14-10-13-17-34(48)43(6)28(5)37(29-15-11-9-12-16-29)52-41(51)35-33-22-23-42(53-33)36(35)39(49)46(38(42)40(45)50)32(26-47)25-27(3)4/h9-12,14-16,18-23,27-28,32-33,35-38,47H,7-8,13,17,24-26H2,1-6H3/b14-10-/t28-,32+,33+,35-,36-,37+,38+,42-/m0/s1. The monoisotopic (exact) mass is 726 g/mol. The first-order chi connectivity index (χ1) is 25.5. The highest BCUT2D eigenvalue weighted by atomic mass is 16.6. The second-order valence-corrected chi connectivity index (χ2v) is 15.1. The molecule has 2 fully saturated rings. The van der Waals surface area contributed by atoms with Crippen molar-refractivity contribution < 1.29 is 33.8 Å². The molecule has 2 saturated heterocycles. The highest BCUT2D eigenvalue weighted by molar-refractivity contribution is 6.05. The Labute approximate surface area is 313 Å². The summed E-state index contributed by atoms with van der Waals surface area (Å²) in [6, 6.07) is 14.7. The number of carbonyl (C=O) groups is 4. The van der Waals surface area contributed by atoms with E-state index in [1.54, 1.807) is 29.0 Å². The summed E-state index contributed by atoms with van der Waals surface area (Å²) in [5, 5.41) is 10.8. The van der Waals surface area contributed by atoms with Crippen LogP contribution in [-0.2, 0) is 28.7 Å². The van der Waals surface area contributed by atoms with Crippen LogP contribution in [0.4, 0.5) is 11.4 Å². The minimum atomic E-state index is -1.45. The summed E-state index contributed by atoms with van der Waals surface area (Å²) < 4.78 is 13.0. The van der Waals surface area contributed by atoms with Gasteiger partial charge in [-0.3, -0.25) is 19.2 Å². The second kappa shape index (κ2) is 15.9. The number of rotatable bonds is 9. The predicted molar refractivity (Wildman–Crippen MR) is 203 cm³/mol. The molecule has 0 unspecified atom stereocenters. The normalized spacial score (nSPS) is 30.2. The van der Waals surface area contributed by atoms with Crippen LogP contribution in [0.25, 0.3) is 0 Å². The van der Waals surface area contributed by atoms with E-state index in [9.17, 15) is 19.5 Å². The molecule has 1 spiro atoms. The van der Waals surface area contributed by atoms with E-state index in [1.807, 2.05) is 87.5 Å². The first kappa shape index (κ1) is 38.3. The van der Waals surface area contributed by atoms with Gasteiger partial charge in [-0.2, -0.15) is 0 Å². The van der Waals surface area contributed by atoms with Crippen molar-refractivity contribution in [3.63, 3.8) is 0 Å². The Morgan fingerprint density at radius 3 is 2.30 bits per heavy atom. The fourth-order valence-corrected chi connectivity index (χ4v) is 8.68. The van der Waals surface area contributed by atoms with Crippen LogP contribution in [0, 0.1) is 17.8 Å². The molecule has 0 aliphatic carbocycles. The number of hydrogen-bond acceptors (Lipinski definition) is 8. The van der Waals surface area contributed by atoms with Crippen LogP contribution in [0.1, 0.15) is 65.5 Å². The second-order valence-electron chi connectivity index (χ2n) is 15.1. The number of likely N-dealkylation sites (tertiary alicyclic amines) is 1. The number of aliphatic hydroxyl groups is 1. The molecule has 4 heterocycles. The molecule has 3 amide bonds. The number of esters is 1. The molecule has 5 bridgehead atoms. The molecular formula is C42H54N4O7. The third-order valence-corrected chi connectivity index (χ3v) is 11.5. The summed E-state index contributed by atoms with van der Waals surface area (Å²) in [6.45, 7) is 11.5. The molecule has 0 radical (unpaired) electrons. The van der Waals surface area contributed by atoms with E-state index >= 15 is 4.79 Å². The maximum Gasteiger partial charge on any atom is 0.313 e. The van der Waals surface area contributed by atoms with Crippen molar-refractivity contribution in [1.82, 2.24) is 9.80 Å². The molecule has 11 nitrogen and oxygen atoms in total. The molecule has 11 heteroatoms. The van der Waals surface area contributed by atoms with Crippen LogP contribution in [0.15, 0.2) is 78.9 Å². The van der Waals surface area contributed by atoms with Crippen LogP contribution < -0.4 is 9.80 Å². The van der Waals surface area contributed by atoms with Gasteiger partial charge >= 0.3 is 5.97 Å². The van der Waals surface area contributed by atoms with Gasteiger partial charge in [0.25, 0.3) is 5.91 Å². The van der Waals surface area contributed by atoms with Crippen molar-refractivity contribution in [2.24, 2.45) is 17.8 Å². The maximum atomic E-state index is 15.3. The van der Waals surface area contributed by atoms with Crippen LogP contribution in [0.5, 0.6) is 0 Å². The number of ether oxygens (including phenoxy) is 2. The lowest BCUT2D eigenvalue weighted by atomic mass is 9.74. The van der Waals surface area contributed by atoms with Crippen molar-refractivity contribution in [2.75, 3.05) is 43.1 Å². The van der Waals surface area contributed by atoms with E-state index in [4.69, 9.17) is 9.47 Å². The Hall–Kier alpha value is -4.48. The van der Waals surface area contributed by atoms with Crippen molar-refractivity contribution in [3.8, 4) is 0 Å². The van der Waals surface area contributed by atoms with E-state index in [2.05, 4.69) is 18.7 Å². The number of cyclic esters (lactones) is 1. The number of carbonyl (C=O) groups excluding carboxylic acids is 4. The summed E-state index contributed by atoms with van der Waals surface area (Å²) >= 11 is 0. The van der Waals surface area contributed by atoms with Gasteiger partial charge in [0.05, 0.1) is 30.7 Å². The number of nitrogens with zero attached hydrogens (tertiary/aromatic N) is 4. The van der Waals surface area contributed by atoms with Crippen molar-refractivity contribution in [2.45, 2.75) is 89.8 Å². The first-order valence-corrected chi connectivity index (χ1v) is 19.1. The lowest BCUT2D eigenvalue weighted by Crippen LogP contribution is -2.59. The smallest absolute Gasteiger partial charge is 0.313 e. The Bertz CT molecular complexity index is 1710. The number of fused-ring (bicyclic) bond motifs is 2. The van der Waals surface area contributed by atoms with Crippen LogP contribution in [-0.4, -0.2) is 102 Å². The number of hydrogen-bond donors (Lipinski definition) is 1. The Morgan fingerprint density at radius 1 is 0.962 bits per heavy atom. The summed E-state index contributed by atoms with van der Waals surface area (Å²) in [5.74, 6) is -3.52. The summed E-state index contributed by atoms with van der Waals surface area (Å²) in [6.07, 6.45) is 6.82. The fourth-order valence-electron chi connectivity index (χ4n) is 8.68. The molecular weight excluding hydrogens is 672 g/mol. The van der Waals surface area contributed by atoms with Gasteiger partial charge in [-0.15, -0.1) is 0 Å². The highest BCUT2D eigenvalue weighted by Crippen LogP contribution is 2.56. The molecule has 53 heavy (non-hydrogen) atoms. The van der Waals surface area contributed by atoms with E-state index in [0.29, 0.717) is 24.1 Å². The quantitative estimate of drug-likeness (QED) is 0.286. The number of amides is 3. The number of likely N-dealkylation sites (N-methyl/N-ethyl adjacent to an activating group) is 1. The molecule has 2 aromatic carbocycles. The van der Waals surface area contributed by atoms with Crippen molar-refractivity contribution in [1.29, 1.82) is 0 Å². The molecule has 284 valence electrons. The van der Waals surface area contributed by atoms with E-state index in [1.165, 1.54) is 4.90 Å². The molecule has 0 saturated carbocycles. The number of allylic oxidation sites excluding steroid dienone is 1. The largest absolute Gasteiger partial charge is 0.455 e. The van der Waals surface area contributed by atoms with Crippen molar-refractivity contribution in [3.05, 3.63) is 84.5 Å². The average Bonchev–Trinajstić information content (AvgIpc) is 3.81. The summed E-state index contributed by atoms with van der Waals surface area (Å²) in [4.78, 5) is 65.1. The SMILES string of the molecule is CCN(CC)c1ccc(N2C/C=C\CCC(=O)N(C)[C@@H](C)[C@H](c3ccccc3)OC(=O)[C@@H]3[C@H]4C(=O)N([C@@H](CO)CC(C)C)[C@H](C2=O)[C@]42C=C[C@H]3O2)cc1. The lowest BCUT2D eigenvalue weighted by molar-refractivity contribution is -0.164. The minimum absolute atomic E-state index is 0.104.